The SMILES string of the molecule is Cc1ccc(CCNC(=O)Cn2c(Cl)nc3c2c(=O)n(C)c(=O)n3C)cc1. The second kappa shape index (κ2) is 7.40. The molecule has 0 atom stereocenters. The minimum absolute atomic E-state index is 0.0167. The Kier molecular flexibility index (Phi) is 5.18. The van der Waals surface area contributed by atoms with E-state index in [1.807, 2.05) is 31.2 Å². The number of rotatable bonds is 5. The molecule has 0 spiro atoms. The van der Waals surface area contributed by atoms with E-state index in [1.165, 1.54) is 28.8 Å². The number of nitrogens with zero attached hydrogens (tertiary/aromatic N) is 4. The summed E-state index contributed by atoms with van der Waals surface area (Å²) in [6.45, 7) is 2.32. The lowest BCUT2D eigenvalue weighted by molar-refractivity contribution is -0.121. The van der Waals surface area contributed by atoms with E-state index in [0.717, 1.165) is 10.1 Å². The van der Waals surface area contributed by atoms with Gasteiger partial charge in [-0.1, -0.05) is 29.8 Å². The zero-order valence-corrected chi connectivity index (χ0v) is 16.1. The van der Waals surface area contributed by atoms with E-state index in [-0.39, 0.29) is 28.9 Å². The Morgan fingerprint density at radius 3 is 2.48 bits per heavy atom. The van der Waals surface area contributed by atoms with Gasteiger partial charge in [-0.25, -0.2) is 4.79 Å². The zero-order chi connectivity index (χ0) is 19.7. The van der Waals surface area contributed by atoms with Crippen molar-refractivity contribution < 1.29 is 4.79 Å². The van der Waals surface area contributed by atoms with Crippen LogP contribution in [-0.4, -0.2) is 31.1 Å². The van der Waals surface area contributed by atoms with Crippen molar-refractivity contribution in [2.24, 2.45) is 14.1 Å². The highest BCUT2D eigenvalue weighted by Gasteiger charge is 2.19. The summed E-state index contributed by atoms with van der Waals surface area (Å²) >= 11 is 6.11. The van der Waals surface area contributed by atoms with Gasteiger partial charge in [0, 0.05) is 20.6 Å². The summed E-state index contributed by atoms with van der Waals surface area (Å²) in [6.07, 6.45) is 0.695. The molecule has 142 valence electrons. The smallest absolute Gasteiger partial charge is 0.332 e. The molecule has 0 saturated carbocycles. The topological polar surface area (TPSA) is 90.9 Å². The molecule has 3 rings (SSSR count). The third-order valence-electron chi connectivity index (χ3n) is 4.46. The number of benzene rings is 1. The van der Waals surface area contributed by atoms with Crippen molar-refractivity contribution >= 4 is 28.7 Å². The molecule has 2 aromatic heterocycles. The monoisotopic (exact) mass is 389 g/mol. The van der Waals surface area contributed by atoms with E-state index < -0.39 is 11.2 Å². The van der Waals surface area contributed by atoms with Crippen LogP contribution < -0.4 is 16.6 Å². The first-order valence-electron chi connectivity index (χ1n) is 8.43. The highest BCUT2D eigenvalue weighted by atomic mass is 35.5. The van der Waals surface area contributed by atoms with Gasteiger partial charge in [0.25, 0.3) is 5.56 Å². The predicted octanol–water partition coefficient (Wildman–Crippen LogP) is 0.754. The molecule has 0 aliphatic rings. The van der Waals surface area contributed by atoms with Crippen LogP contribution in [0.25, 0.3) is 11.2 Å². The van der Waals surface area contributed by atoms with Crippen LogP contribution in [0, 0.1) is 6.92 Å². The van der Waals surface area contributed by atoms with Crippen molar-refractivity contribution in [3.63, 3.8) is 0 Å². The highest BCUT2D eigenvalue weighted by molar-refractivity contribution is 6.29. The Balaban J connectivity index is 1.77. The van der Waals surface area contributed by atoms with Crippen LogP contribution in [0.1, 0.15) is 11.1 Å². The van der Waals surface area contributed by atoms with E-state index in [0.29, 0.717) is 13.0 Å². The Labute approximate surface area is 160 Å². The largest absolute Gasteiger partial charge is 0.354 e. The summed E-state index contributed by atoms with van der Waals surface area (Å²) in [7, 11) is 2.87. The molecule has 9 heteroatoms. The van der Waals surface area contributed by atoms with Crippen molar-refractivity contribution in [2.45, 2.75) is 19.9 Å². The number of hydrogen-bond donors (Lipinski definition) is 1. The van der Waals surface area contributed by atoms with Gasteiger partial charge in [-0.2, -0.15) is 4.98 Å². The number of carbonyl (C=O) groups is 1. The summed E-state index contributed by atoms with van der Waals surface area (Å²) < 4.78 is 3.51. The Morgan fingerprint density at radius 2 is 1.81 bits per heavy atom. The van der Waals surface area contributed by atoms with E-state index in [1.54, 1.807) is 0 Å². The lowest BCUT2D eigenvalue weighted by atomic mass is 10.1. The molecule has 1 amide bonds. The number of hydrogen-bond acceptors (Lipinski definition) is 4. The zero-order valence-electron chi connectivity index (χ0n) is 15.3. The summed E-state index contributed by atoms with van der Waals surface area (Å²) in [6, 6.07) is 8.08. The van der Waals surface area contributed by atoms with Crippen LogP contribution in [0.4, 0.5) is 0 Å². The maximum Gasteiger partial charge on any atom is 0.332 e. The highest BCUT2D eigenvalue weighted by Crippen LogP contribution is 2.15. The number of imidazole rings is 1. The maximum absolute atomic E-state index is 12.4. The van der Waals surface area contributed by atoms with Crippen molar-refractivity contribution in [3.8, 4) is 0 Å². The lowest BCUT2D eigenvalue weighted by Crippen LogP contribution is -2.38. The Bertz CT molecular complexity index is 1130. The second-order valence-electron chi connectivity index (χ2n) is 6.43. The third-order valence-corrected chi connectivity index (χ3v) is 4.75. The molecule has 0 radical (unpaired) electrons. The lowest BCUT2D eigenvalue weighted by Gasteiger charge is -2.09. The molecule has 3 aromatic rings. The van der Waals surface area contributed by atoms with Crippen molar-refractivity contribution in [3.05, 3.63) is 61.5 Å². The van der Waals surface area contributed by atoms with Crippen LogP contribution in [0.2, 0.25) is 5.28 Å². The molecular formula is C18H20ClN5O3. The summed E-state index contributed by atoms with van der Waals surface area (Å²) in [5, 5.41) is 2.80. The fourth-order valence-corrected chi connectivity index (χ4v) is 3.09. The van der Waals surface area contributed by atoms with Gasteiger partial charge in [-0.15, -0.1) is 0 Å². The quantitative estimate of drug-likeness (QED) is 0.652. The summed E-state index contributed by atoms with van der Waals surface area (Å²) in [4.78, 5) is 40.8. The second-order valence-corrected chi connectivity index (χ2v) is 6.77. The molecule has 0 aliphatic heterocycles. The summed E-state index contributed by atoms with van der Waals surface area (Å²) in [5.41, 5.74) is 1.53. The van der Waals surface area contributed by atoms with Crippen molar-refractivity contribution in [1.29, 1.82) is 0 Å². The Morgan fingerprint density at radius 1 is 1.15 bits per heavy atom. The van der Waals surface area contributed by atoms with Crippen LogP contribution in [-0.2, 0) is 31.9 Å². The average Bonchev–Trinajstić information content (AvgIpc) is 2.96. The molecule has 1 N–H and O–H groups in total. The van der Waals surface area contributed by atoms with Gasteiger partial charge >= 0.3 is 5.69 Å². The van der Waals surface area contributed by atoms with Crippen molar-refractivity contribution in [1.82, 2.24) is 24.0 Å². The molecule has 27 heavy (non-hydrogen) atoms. The van der Waals surface area contributed by atoms with Gasteiger partial charge in [0.2, 0.25) is 11.2 Å². The fraction of sp³-hybridized carbons (Fsp3) is 0.333. The number of halogens is 1. The minimum Gasteiger partial charge on any atom is -0.354 e. The van der Waals surface area contributed by atoms with Gasteiger partial charge in [-0.05, 0) is 30.5 Å². The minimum atomic E-state index is -0.542. The third kappa shape index (κ3) is 3.66. The van der Waals surface area contributed by atoms with Crippen LogP contribution >= 0.6 is 11.6 Å². The molecule has 8 nitrogen and oxygen atoms in total. The number of amides is 1. The first-order valence-corrected chi connectivity index (χ1v) is 8.81. The number of aromatic nitrogens is 4. The van der Waals surface area contributed by atoms with E-state index >= 15 is 0 Å². The normalized spacial score (nSPS) is 11.1. The molecule has 0 bridgehead atoms. The standard InChI is InChI=1S/C18H20ClN5O3/c1-11-4-6-12(7-5-11)8-9-20-13(25)10-24-14-15(21-17(24)19)22(2)18(27)23(3)16(14)26/h4-7H,8-10H2,1-3H3,(H,20,25). The predicted molar refractivity (Wildman–Crippen MR) is 103 cm³/mol. The van der Waals surface area contributed by atoms with Gasteiger partial charge in [0.05, 0.1) is 0 Å². The Hall–Kier alpha value is -2.87. The number of aryl methyl sites for hydroxylation is 2. The van der Waals surface area contributed by atoms with Gasteiger partial charge in [0.1, 0.15) is 6.54 Å². The first-order chi connectivity index (χ1) is 12.8. The summed E-state index contributed by atoms with van der Waals surface area (Å²) in [5.74, 6) is -0.292. The molecule has 2 heterocycles. The first kappa shape index (κ1) is 18.9. The van der Waals surface area contributed by atoms with Crippen LogP contribution in [0.3, 0.4) is 0 Å². The average molecular weight is 390 g/mol. The van der Waals surface area contributed by atoms with Gasteiger partial charge < -0.3 is 5.32 Å². The van der Waals surface area contributed by atoms with E-state index in [4.69, 9.17) is 11.6 Å². The van der Waals surface area contributed by atoms with Gasteiger partial charge in [0.15, 0.2) is 11.2 Å². The molecule has 0 fully saturated rings. The maximum atomic E-state index is 12.4. The molecule has 0 aliphatic carbocycles. The fourth-order valence-electron chi connectivity index (χ4n) is 2.86. The van der Waals surface area contributed by atoms with E-state index in [2.05, 4.69) is 10.3 Å². The molecular weight excluding hydrogens is 370 g/mol. The van der Waals surface area contributed by atoms with Crippen LogP contribution in [0.15, 0.2) is 33.9 Å². The van der Waals surface area contributed by atoms with E-state index in [9.17, 15) is 14.4 Å². The van der Waals surface area contributed by atoms with Crippen LogP contribution in [0.5, 0.6) is 0 Å². The van der Waals surface area contributed by atoms with Gasteiger partial charge in [-0.3, -0.25) is 23.3 Å². The molecule has 1 aromatic carbocycles. The van der Waals surface area contributed by atoms with Crippen molar-refractivity contribution in [2.75, 3.05) is 6.54 Å². The number of carbonyl (C=O) groups excluding carboxylic acids is 1. The molecule has 0 unspecified atom stereocenters. The molecule has 0 saturated heterocycles. The number of nitrogens with one attached hydrogen (secondary N) is 1. The number of fused-ring (bicyclic) bond motifs is 1.